The molecule has 1 heterocycles. The molecule has 0 spiro atoms. The number of rotatable bonds is 11. The topological polar surface area (TPSA) is 48.3 Å². The highest BCUT2D eigenvalue weighted by molar-refractivity contribution is 5.11. The summed E-state index contributed by atoms with van der Waals surface area (Å²) in [5, 5.41) is 7.49. The maximum atomic E-state index is 5.56. The molecule has 1 aromatic heterocycles. The minimum Gasteiger partial charge on any atom is -0.489 e. The number of aryl methyl sites for hydroxylation is 1. The molecule has 0 bridgehead atoms. The van der Waals surface area contributed by atoms with Gasteiger partial charge in [0.25, 0.3) is 0 Å². The van der Waals surface area contributed by atoms with Crippen molar-refractivity contribution in [1.29, 1.82) is 0 Å². The van der Waals surface area contributed by atoms with E-state index in [1.54, 1.807) is 6.20 Å². The maximum Gasteiger partial charge on any atom is 0.157 e. The number of aromatic nitrogens is 2. The van der Waals surface area contributed by atoms with Gasteiger partial charge >= 0.3 is 0 Å². The Morgan fingerprint density at radius 2 is 2.11 bits per heavy atom. The quantitative estimate of drug-likeness (QED) is 0.611. The molecular formula is C13H25N3O2. The number of unbranched alkanes of at least 4 members (excludes halogenated alkanes) is 1. The van der Waals surface area contributed by atoms with Crippen molar-refractivity contribution in [2.24, 2.45) is 0 Å². The summed E-state index contributed by atoms with van der Waals surface area (Å²) in [5.74, 6) is 0.843. The molecule has 0 fully saturated rings. The van der Waals surface area contributed by atoms with E-state index < -0.39 is 0 Å². The number of ether oxygens (including phenoxy) is 2. The van der Waals surface area contributed by atoms with E-state index in [-0.39, 0.29) is 0 Å². The van der Waals surface area contributed by atoms with Crippen LogP contribution in [0.1, 0.15) is 26.7 Å². The van der Waals surface area contributed by atoms with Crippen molar-refractivity contribution in [3.8, 4) is 5.75 Å². The normalized spacial score (nSPS) is 10.8. The van der Waals surface area contributed by atoms with Crippen molar-refractivity contribution in [3.63, 3.8) is 0 Å². The Hall–Kier alpha value is -1.07. The molecule has 5 heteroatoms. The average molecular weight is 255 g/mol. The lowest BCUT2D eigenvalue weighted by molar-refractivity contribution is 0.143. The first-order valence-electron chi connectivity index (χ1n) is 6.80. The third-order valence-corrected chi connectivity index (χ3v) is 2.58. The predicted molar refractivity (Wildman–Crippen MR) is 72.0 cm³/mol. The molecule has 0 atom stereocenters. The molecule has 0 aliphatic heterocycles. The van der Waals surface area contributed by atoms with Gasteiger partial charge in [0.1, 0.15) is 6.61 Å². The number of nitrogens with zero attached hydrogens (tertiary/aromatic N) is 2. The predicted octanol–water partition coefficient (Wildman–Crippen LogP) is 1.69. The van der Waals surface area contributed by atoms with Crippen LogP contribution in [0.15, 0.2) is 12.4 Å². The van der Waals surface area contributed by atoms with Crippen molar-refractivity contribution >= 4 is 0 Å². The molecule has 0 aliphatic carbocycles. The molecule has 1 rings (SSSR count). The molecule has 0 saturated heterocycles. The van der Waals surface area contributed by atoms with E-state index >= 15 is 0 Å². The number of hydrogen-bond acceptors (Lipinski definition) is 4. The molecule has 0 amide bonds. The van der Waals surface area contributed by atoms with Gasteiger partial charge in [0.05, 0.1) is 12.4 Å². The van der Waals surface area contributed by atoms with Crippen molar-refractivity contribution < 1.29 is 9.47 Å². The standard InChI is InChI=1S/C13H25N3O2/c1-3-16-12-13(11-15-16)18-10-8-14-7-5-6-9-17-4-2/h11-12,14H,3-10H2,1-2H3. The third-order valence-electron chi connectivity index (χ3n) is 2.58. The minimum absolute atomic E-state index is 0.681. The first-order chi connectivity index (χ1) is 8.86. The fourth-order valence-electron chi connectivity index (χ4n) is 1.56. The van der Waals surface area contributed by atoms with E-state index in [0.29, 0.717) is 6.61 Å². The number of nitrogens with one attached hydrogen (secondary N) is 1. The summed E-state index contributed by atoms with van der Waals surface area (Å²) in [6, 6.07) is 0. The Kier molecular flexibility index (Phi) is 8.25. The molecule has 0 radical (unpaired) electrons. The van der Waals surface area contributed by atoms with Crippen LogP contribution in [0.25, 0.3) is 0 Å². The van der Waals surface area contributed by atoms with E-state index in [1.807, 2.05) is 17.8 Å². The Morgan fingerprint density at radius 3 is 2.83 bits per heavy atom. The molecule has 0 saturated carbocycles. The van der Waals surface area contributed by atoms with Crippen LogP contribution in [0.4, 0.5) is 0 Å². The molecule has 1 N–H and O–H groups in total. The van der Waals surface area contributed by atoms with Crippen molar-refractivity contribution in [2.75, 3.05) is 32.9 Å². The van der Waals surface area contributed by atoms with Crippen LogP contribution < -0.4 is 10.1 Å². The summed E-state index contributed by atoms with van der Waals surface area (Å²) >= 11 is 0. The lowest BCUT2D eigenvalue weighted by atomic mass is 10.3. The zero-order valence-electron chi connectivity index (χ0n) is 11.5. The zero-order valence-corrected chi connectivity index (χ0v) is 11.5. The second-order valence-electron chi connectivity index (χ2n) is 4.03. The number of hydrogen-bond donors (Lipinski definition) is 1. The zero-order chi connectivity index (χ0) is 13.1. The second-order valence-corrected chi connectivity index (χ2v) is 4.03. The lowest BCUT2D eigenvalue weighted by Crippen LogP contribution is -2.22. The van der Waals surface area contributed by atoms with E-state index in [4.69, 9.17) is 9.47 Å². The summed E-state index contributed by atoms with van der Waals surface area (Å²) < 4.78 is 12.7. The highest BCUT2D eigenvalue weighted by Crippen LogP contribution is 2.07. The highest BCUT2D eigenvalue weighted by Gasteiger charge is 1.97. The van der Waals surface area contributed by atoms with Crippen molar-refractivity contribution in [3.05, 3.63) is 12.4 Å². The fraction of sp³-hybridized carbons (Fsp3) is 0.769. The van der Waals surface area contributed by atoms with E-state index in [1.165, 1.54) is 0 Å². The maximum absolute atomic E-state index is 5.56. The lowest BCUT2D eigenvalue weighted by Gasteiger charge is -2.05. The van der Waals surface area contributed by atoms with Gasteiger partial charge in [-0.25, -0.2) is 0 Å². The first kappa shape index (κ1) is 15.0. The highest BCUT2D eigenvalue weighted by atomic mass is 16.5. The van der Waals surface area contributed by atoms with Gasteiger partial charge in [0, 0.05) is 26.3 Å². The smallest absolute Gasteiger partial charge is 0.157 e. The van der Waals surface area contributed by atoms with Gasteiger partial charge in [0.15, 0.2) is 5.75 Å². The molecule has 0 aliphatic rings. The summed E-state index contributed by atoms with van der Waals surface area (Å²) in [4.78, 5) is 0. The average Bonchev–Trinajstić information content (AvgIpc) is 2.85. The fourth-order valence-corrected chi connectivity index (χ4v) is 1.56. The van der Waals surface area contributed by atoms with Gasteiger partial charge in [-0.05, 0) is 33.2 Å². The molecule has 5 nitrogen and oxygen atoms in total. The Labute approximate surface area is 109 Å². The van der Waals surface area contributed by atoms with Crippen LogP contribution >= 0.6 is 0 Å². The van der Waals surface area contributed by atoms with Gasteiger partial charge < -0.3 is 14.8 Å². The van der Waals surface area contributed by atoms with Crippen LogP contribution in [-0.4, -0.2) is 42.7 Å². The third kappa shape index (κ3) is 6.61. The van der Waals surface area contributed by atoms with Gasteiger partial charge in [-0.3, -0.25) is 4.68 Å². The van der Waals surface area contributed by atoms with Gasteiger partial charge in [-0.2, -0.15) is 5.10 Å². The Morgan fingerprint density at radius 1 is 1.22 bits per heavy atom. The van der Waals surface area contributed by atoms with Crippen molar-refractivity contribution in [1.82, 2.24) is 15.1 Å². The molecular weight excluding hydrogens is 230 g/mol. The first-order valence-corrected chi connectivity index (χ1v) is 6.80. The summed E-state index contributed by atoms with van der Waals surface area (Å²) in [5.41, 5.74) is 0. The summed E-state index contributed by atoms with van der Waals surface area (Å²) in [7, 11) is 0. The molecule has 104 valence electrons. The van der Waals surface area contributed by atoms with E-state index in [0.717, 1.165) is 51.4 Å². The largest absolute Gasteiger partial charge is 0.489 e. The van der Waals surface area contributed by atoms with E-state index in [9.17, 15) is 0 Å². The van der Waals surface area contributed by atoms with Crippen LogP contribution in [0.2, 0.25) is 0 Å². The molecule has 0 aromatic carbocycles. The van der Waals surface area contributed by atoms with Crippen LogP contribution in [0.3, 0.4) is 0 Å². The molecule has 0 unspecified atom stereocenters. The minimum atomic E-state index is 0.681. The SMILES string of the molecule is CCOCCCCNCCOc1cnn(CC)c1. The molecule has 18 heavy (non-hydrogen) atoms. The summed E-state index contributed by atoms with van der Waals surface area (Å²) in [6.45, 7) is 9.20. The monoisotopic (exact) mass is 255 g/mol. The van der Waals surface area contributed by atoms with Crippen molar-refractivity contribution in [2.45, 2.75) is 33.2 Å². The van der Waals surface area contributed by atoms with Gasteiger partial charge in [-0.15, -0.1) is 0 Å². The molecule has 1 aromatic rings. The van der Waals surface area contributed by atoms with Crippen LogP contribution in [0, 0.1) is 0 Å². The van der Waals surface area contributed by atoms with Gasteiger partial charge in [-0.1, -0.05) is 0 Å². The Balaban J connectivity index is 1.89. The van der Waals surface area contributed by atoms with E-state index in [2.05, 4.69) is 17.3 Å². The second kappa shape index (κ2) is 9.91. The van der Waals surface area contributed by atoms with Crippen LogP contribution in [-0.2, 0) is 11.3 Å². The van der Waals surface area contributed by atoms with Crippen LogP contribution in [0.5, 0.6) is 5.75 Å². The Bertz CT molecular complexity index is 302. The summed E-state index contributed by atoms with van der Waals surface area (Å²) in [6.07, 6.45) is 5.94. The van der Waals surface area contributed by atoms with Gasteiger partial charge in [0.2, 0.25) is 0 Å².